The third kappa shape index (κ3) is 6.36. The molecular weight excluding hydrogens is 623 g/mol. The lowest BCUT2D eigenvalue weighted by Gasteiger charge is -2.15. The number of hydrogen-bond acceptors (Lipinski definition) is 4. The summed E-state index contributed by atoms with van der Waals surface area (Å²) in [5, 5.41) is 4.81. The minimum atomic E-state index is 0.573. The van der Waals surface area contributed by atoms with Crippen LogP contribution < -0.4 is 0 Å². The van der Waals surface area contributed by atoms with E-state index in [4.69, 9.17) is 15.0 Å². The number of amidine groups is 1. The van der Waals surface area contributed by atoms with Gasteiger partial charge < -0.3 is 0 Å². The molecule has 0 aliphatic carbocycles. The summed E-state index contributed by atoms with van der Waals surface area (Å²) in [7, 11) is 0. The standard InChI is InChI=1S/C46H33N5/c1-3-26-48-43(47-2)34-24-22-31(23-25-34)36-27-37(42-30-35-18-10-11-19-39(35)40-20-12-13-21-41(40)42)29-38(28-36)46-50-44(32-14-6-4-7-15-32)49-45(51-46)33-16-8-5-9-17-33/h3-30H,2H2,1H3/b26-3-,48-43?. The van der Waals surface area contributed by atoms with E-state index in [1.807, 2.05) is 85.8 Å². The fourth-order valence-corrected chi connectivity index (χ4v) is 6.47. The summed E-state index contributed by atoms with van der Waals surface area (Å²) < 4.78 is 0. The Balaban J connectivity index is 1.37. The highest BCUT2D eigenvalue weighted by Gasteiger charge is 2.16. The van der Waals surface area contributed by atoms with Crippen molar-refractivity contribution < 1.29 is 0 Å². The van der Waals surface area contributed by atoms with Crippen LogP contribution in [0.3, 0.4) is 0 Å². The van der Waals surface area contributed by atoms with Gasteiger partial charge in [0.15, 0.2) is 23.3 Å². The molecule has 0 saturated heterocycles. The molecule has 0 atom stereocenters. The zero-order valence-corrected chi connectivity index (χ0v) is 28.1. The molecule has 0 fully saturated rings. The van der Waals surface area contributed by atoms with Crippen LogP contribution in [-0.2, 0) is 0 Å². The average molecular weight is 656 g/mol. The zero-order chi connectivity index (χ0) is 34.6. The van der Waals surface area contributed by atoms with Gasteiger partial charge in [-0.2, -0.15) is 0 Å². The molecule has 0 aliphatic heterocycles. The largest absolute Gasteiger partial charge is 0.245 e. The second-order valence-corrected chi connectivity index (χ2v) is 12.2. The minimum absolute atomic E-state index is 0.573. The Hall–Kier alpha value is -6.85. The first kappa shape index (κ1) is 31.4. The summed E-state index contributed by atoms with van der Waals surface area (Å²) in [4.78, 5) is 23.7. The van der Waals surface area contributed by atoms with Gasteiger partial charge in [0.2, 0.25) is 0 Å². The van der Waals surface area contributed by atoms with Crippen molar-refractivity contribution in [2.45, 2.75) is 6.92 Å². The molecule has 51 heavy (non-hydrogen) atoms. The second kappa shape index (κ2) is 13.9. The third-order valence-corrected chi connectivity index (χ3v) is 8.94. The molecule has 0 aliphatic rings. The highest BCUT2D eigenvalue weighted by Crippen LogP contribution is 2.39. The third-order valence-electron chi connectivity index (χ3n) is 8.94. The van der Waals surface area contributed by atoms with Gasteiger partial charge in [-0.25, -0.2) is 24.9 Å². The van der Waals surface area contributed by atoms with Gasteiger partial charge in [0.25, 0.3) is 0 Å². The van der Waals surface area contributed by atoms with E-state index in [0.717, 1.165) is 44.5 Å². The van der Waals surface area contributed by atoms with E-state index in [2.05, 4.69) is 102 Å². The molecule has 0 radical (unpaired) electrons. The zero-order valence-electron chi connectivity index (χ0n) is 28.1. The first-order valence-electron chi connectivity index (χ1n) is 16.9. The molecule has 1 heterocycles. The lowest BCUT2D eigenvalue weighted by molar-refractivity contribution is 1.07. The maximum Gasteiger partial charge on any atom is 0.164 e. The maximum atomic E-state index is 5.09. The maximum absolute atomic E-state index is 5.09. The predicted octanol–water partition coefficient (Wildman–Crippen LogP) is 11.5. The van der Waals surface area contributed by atoms with Crippen molar-refractivity contribution in [3.8, 4) is 56.4 Å². The number of aliphatic imine (C=N–C) groups is 2. The number of rotatable bonds is 7. The number of nitrogens with zero attached hydrogens (tertiary/aromatic N) is 5. The summed E-state index contributed by atoms with van der Waals surface area (Å²) in [6, 6.07) is 54.5. The van der Waals surface area contributed by atoms with E-state index in [1.165, 1.54) is 21.5 Å². The van der Waals surface area contributed by atoms with Crippen LogP contribution in [0.25, 0.3) is 78.0 Å². The van der Waals surface area contributed by atoms with Crippen LogP contribution in [0.4, 0.5) is 0 Å². The molecule has 5 nitrogen and oxygen atoms in total. The Kier molecular flexibility index (Phi) is 8.59. The highest BCUT2D eigenvalue weighted by molar-refractivity contribution is 6.14. The van der Waals surface area contributed by atoms with E-state index in [1.54, 1.807) is 6.20 Å². The van der Waals surface area contributed by atoms with E-state index in [-0.39, 0.29) is 0 Å². The summed E-state index contributed by atoms with van der Waals surface area (Å²) >= 11 is 0. The number of allylic oxidation sites excluding steroid dienone is 1. The van der Waals surface area contributed by atoms with E-state index in [0.29, 0.717) is 23.3 Å². The molecule has 7 aromatic carbocycles. The molecule has 0 amide bonds. The minimum Gasteiger partial charge on any atom is -0.245 e. The molecule has 1 aromatic heterocycles. The van der Waals surface area contributed by atoms with Crippen molar-refractivity contribution in [3.63, 3.8) is 0 Å². The summed E-state index contributed by atoms with van der Waals surface area (Å²) in [5.41, 5.74) is 7.93. The Morgan fingerprint density at radius 3 is 1.65 bits per heavy atom. The number of fused-ring (bicyclic) bond motifs is 3. The topological polar surface area (TPSA) is 63.4 Å². The highest BCUT2D eigenvalue weighted by atomic mass is 15.0. The van der Waals surface area contributed by atoms with Crippen LogP contribution in [0.1, 0.15) is 12.5 Å². The van der Waals surface area contributed by atoms with Gasteiger partial charge in [-0.15, -0.1) is 0 Å². The SMILES string of the molecule is C=NC(=N/C=C\C)c1ccc(-c2cc(-c3nc(-c4ccccc4)nc(-c4ccccc4)n3)cc(-c3cc4ccccc4c4ccccc34)c2)cc1. The smallest absolute Gasteiger partial charge is 0.164 e. The van der Waals surface area contributed by atoms with Crippen LogP contribution in [0.5, 0.6) is 0 Å². The van der Waals surface area contributed by atoms with Gasteiger partial charge in [0, 0.05) is 28.5 Å². The van der Waals surface area contributed by atoms with Crippen LogP contribution in [0.2, 0.25) is 0 Å². The van der Waals surface area contributed by atoms with Crippen molar-refractivity contribution in [1.82, 2.24) is 15.0 Å². The fraction of sp³-hybridized carbons (Fsp3) is 0.0217. The lowest BCUT2D eigenvalue weighted by Crippen LogP contribution is -2.00. The second-order valence-electron chi connectivity index (χ2n) is 12.2. The van der Waals surface area contributed by atoms with Crippen molar-refractivity contribution in [1.29, 1.82) is 0 Å². The number of hydrogen-bond donors (Lipinski definition) is 0. The van der Waals surface area contributed by atoms with Gasteiger partial charge in [-0.1, -0.05) is 140 Å². The molecule has 0 unspecified atom stereocenters. The first-order valence-corrected chi connectivity index (χ1v) is 16.9. The Bertz CT molecular complexity index is 2530. The molecule has 0 spiro atoms. The van der Waals surface area contributed by atoms with E-state index < -0.39 is 0 Å². The van der Waals surface area contributed by atoms with Crippen molar-refractivity contribution in [2.75, 3.05) is 0 Å². The van der Waals surface area contributed by atoms with Crippen molar-refractivity contribution in [2.24, 2.45) is 9.98 Å². The van der Waals surface area contributed by atoms with Crippen molar-refractivity contribution in [3.05, 3.63) is 176 Å². The fourth-order valence-electron chi connectivity index (χ4n) is 6.47. The monoisotopic (exact) mass is 655 g/mol. The van der Waals surface area contributed by atoms with Crippen molar-refractivity contribution >= 4 is 34.1 Å². The van der Waals surface area contributed by atoms with Gasteiger partial charge >= 0.3 is 0 Å². The summed E-state index contributed by atoms with van der Waals surface area (Å²) in [5.74, 6) is 2.42. The molecule has 0 bridgehead atoms. The molecule has 8 aromatic rings. The van der Waals surface area contributed by atoms with Crippen LogP contribution in [0, 0.1) is 0 Å². The summed E-state index contributed by atoms with van der Waals surface area (Å²) in [6.45, 7) is 5.66. The average Bonchev–Trinajstić information content (AvgIpc) is 3.21. The number of benzene rings is 7. The van der Waals surface area contributed by atoms with Gasteiger partial charge in [0.05, 0.1) is 0 Å². The number of aromatic nitrogens is 3. The predicted molar refractivity (Wildman–Crippen MR) is 213 cm³/mol. The van der Waals surface area contributed by atoms with Crippen LogP contribution >= 0.6 is 0 Å². The lowest BCUT2D eigenvalue weighted by atomic mass is 9.90. The summed E-state index contributed by atoms with van der Waals surface area (Å²) in [6.07, 6.45) is 3.60. The van der Waals surface area contributed by atoms with Gasteiger partial charge in [-0.05, 0) is 81.7 Å². The van der Waals surface area contributed by atoms with Crippen LogP contribution in [-0.4, -0.2) is 27.5 Å². The van der Waals surface area contributed by atoms with E-state index >= 15 is 0 Å². The Morgan fingerprint density at radius 1 is 0.490 bits per heavy atom. The molecule has 8 rings (SSSR count). The Morgan fingerprint density at radius 2 is 1.02 bits per heavy atom. The molecule has 242 valence electrons. The first-order chi connectivity index (χ1) is 25.2. The van der Waals surface area contributed by atoms with Gasteiger partial charge in [0.1, 0.15) is 0 Å². The molecule has 0 saturated carbocycles. The molecule has 0 N–H and O–H groups in total. The molecular formula is C46H33N5. The van der Waals surface area contributed by atoms with Gasteiger partial charge in [-0.3, -0.25) is 0 Å². The molecule has 5 heteroatoms. The van der Waals surface area contributed by atoms with E-state index in [9.17, 15) is 0 Å². The normalized spacial score (nSPS) is 11.7. The quantitative estimate of drug-likeness (QED) is 0.0975. The van der Waals surface area contributed by atoms with Crippen LogP contribution in [0.15, 0.2) is 180 Å². The Labute approximate surface area is 297 Å².